The molecule has 0 rings (SSSR count). The van der Waals surface area contributed by atoms with Crippen molar-refractivity contribution in [3.8, 4) is 0 Å². The Labute approximate surface area is 299 Å². The van der Waals surface area contributed by atoms with E-state index >= 15 is 0 Å². The van der Waals surface area contributed by atoms with Crippen molar-refractivity contribution in [3.05, 3.63) is 72.9 Å². The van der Waals surface area contributed by atoms with Crippen LogP contribution in [0.25, 0.3) is 0 Å². The maximum absolute atomic E-state index is 12.6. The third kappa shape index (κ3) is 33.1. The summed E-state index contributed by atoms with van der Waals surface area (Å²) >= 11 is 0. The van der Waals surface area contributed by atoms with Crippen LogP contribution in [0.15, 0.2) is 72.9 Å². The third-order valence-electron chi connectivity index (χ3n) is 7.99. The Balaban J connectivity index is 4.21. The van der Waals surface area contributed by atoms with Gasteiger partial charge in [0.1, 0.15) is 12.1 Å². The van der Waals surface area contributed by atoms with Crippen LogP contribution in [0.1, 0.15) is 155 Å². The Morgan fingerprint density at radius 3 is 1.80 bits per heavy atom. The summed E-state index contributed by atoms with van der Waals surface area (Å²) in [7, 11) is 0. The Morgan fingerprint density at radius 1 is 0.633 bits per heavy atom. The van der Waals surface area contributed by atoms with Crippen molar-refractivity contribution >= 4 is 17.8 Å². The fraction of sp³-hybridized carbons (Fsp3) is 0.643. The molecular formula is C42H70N2O5. The number of unbranched alkanes of at least 4 members (excludes halogenated alkanes) is 9. The summed E-state index contributed by atoms with van der Waals surface area (Å²) in [6, 6.07) is -0.875. The normalized spacial score (nSPS) is 13.5. The van der Waals surface area contributed by atoms with Gasteiger partial charge < -0.3 is 20.9 Å². The van der Waals surface area contributed by atoms with Gasteiger partial charge in [-0.25, -0.2) is 4.79 Å². The lowest BCUT2D eigenvalue weighted by Gasteiger charge is -2.15. The molecule has 7 nitrogen and oxygen atoms in total. The van der Waals surface area contributed by atoms with Gasteiger partial charge in [-0.15, -0.1) is 0 Å². The first kappa shape index (κ1) is 45.8. The predicted molar refractivity (Wildman–Crippen MR) is 206 cm³/mol. The van der Waals surface area contributed by atoms with E-state index in [4.69, 9.17) is 10.5 Å². The van der Waals surface area contributed by atoms with E-state index in [1.165, 1.54) is 12.8 Å². The van der Waals surface area contributed by atoms with E-state index in [0.717, 1.165) is 96.3 Å². The van der Waals surface area contributed by atoms with Gasteiger partial charge in [-0.3, -0.25) is 9.59 Å². The molecule has 278 valence electrons. The fourth-order valence-corrected chi connectivity index (χ4v) is 5.09. The molecule has 0 saturated heterocycles. The highest BCUT2D eigenvalue weighted by molar-refractivity contribution is 5.83. The Hall–Kier alpha value is -3.19. The van der Waals surface area contributed by atoms with E-state index in [-0.39, 0.29) is 18.0 Å². The van der Waals surface area contributed by atoms with Crippen molar-refractivity contribution in [2.45, 2.75) is 167 Å². The van der Waals surface area contributed by atoms with Gasteiger partial charge in [0.05, 0.1) is 0 Å². The van der Waals surface area contributed by atoms with E-state index in [1.807, 2.05) is 0 Å². The second-order valence-corrected chi connectivity index (χ2v) is 12.6. The molecule has 0 aliphatic rings. The van der Waals surface area contributed by atoms with Crippen LogP contribution in [0.3, 0.4) is 0 Å². The summed E-state index contributed by atoms with van der Waals surface area (Å²) < 4.78 is 5.85. The predicted octanol–water partition coefficient (Wildman–Crippen LogP) is 10.4. The van der Waals surface area contributed by atoms with Crippen LogP contribution >= 0.6 is 0 Å². The first-order valence-corrected chi connectivity index (χ1v) is 19.3. The van der Waals surface area contributed by atoms with Crippen molar-refractivity contribution in [1.82, 2.24) is 5.32 Å². The van der Waals surface area contributed by atoms with Gasteiger partial charge in [-0.2, -0.15) is 0 Å². The third-order valence-corrected chi connectivity index (χ3v) is 7.99. The fourth-order valence-electron chi connectivity index (χ4n) is 5.09. The van der Waals surface area contributed by atoms with Gasteiger partial charge >= 0.3 is 11.9 Å². The van der Waals surface area contributed by atoms with E-state index in [9.17, 15) is 19.5 Å². The van der Waals surface area contributed by atoms with Crippen LogP contribution in [-0.4, -0.2) is 41.6 Å². The molecule has 0 aromatic carbocycles. The molecule has 0 aliphatic carbocycles. The minimum absolute atomic E-state index is 0.127. The Kier molecular flexibility index (Phi) is 33.7. The maximum Gasteiger partial charge on any atom is 0.326 e. The summed E-state index contributed by atoms with van der Waals surface area (Å²) in [6.07, 6.45) is 45.4. The number of nitrogens with one attached hydrogen (secondary N) is 1. The highest BCUT2D eigenvalue weighted by Crippen LogP contribution is 2.14. The van der Waals surface area contributed by atoms with Crippen LogP contribution in [-0.2, 0) is 19.1 Å². The van der Waals surface area contributed by atoms with Crippen LogP contribution in [0.5, 0.6) is 0 Å². The molecule has 49 heavy (non-hydrogen) atoms. The van der Waals surface area contributed by atoms with Crippen LogP contribution in [0.4, 0.5) is 0 Å². The summed E-state index contributed by atoms with van der Waals surface area (Å²) in [5.74, 6) is -1.38. The summed E-state index contributed by atoms with van der Waals surface area (Å²) in [5.41, 5.74) is 5.46. The number of hydrogen-bond donors (Lipinski definition) is 3. The number of esters is 1. The number of allylic oxidation sites excluding steroid dienone is 11. The monoisotopic (exact) mass is 683 g/mol. The summed E-state index contributed by atoms with van der Waals surface area (Å²) in [4.78, 5) is 36.1. The zero-order valence-electron chi connectivity index (χ0n) is 31.0. The molecule has 0 aromatic rings. The number of rotatable bonds is 33. The minimum Gasteiger partial charge on any atom is -0.480 e. The number of carbonyl (C=O) groups excluding carboxylic acids is 2. The van der Waals surface area contributed by atoms with Gasteiger partial charge in [0, 0.05) is 12.8 Å². The highest BCUT2D eigenvalue weighted by atomic mass is 16.5. The Morgan fingerprint density at radius 2 is 1.18 bits per heavy atom. The van der Waals surface area contributed by atoms with E-state index in [2.05, 4.69) is 92.1 Å². The SMILES string of the molecule is CC/C=C\C/C=C\C/C=C\C/C=C\C/C=C\CCCCCC(=O)OC(/C=C\CCCCC)CCCCCCC(=O)NC(CCCN)C(=O)O. The molecule has 0 fully saturated rings. The second kappa shape index (κ2) is 36.1. The molecule has 0 aromatic heterocycles. The molecule has 4 N–H and O–H groups in total. The largest absolute Gasteiger partial charge is 0.480 e. The molecule has 0 aliphatic heterocycles. The van der Waals surface area contributed by atoms with Crippen LogP contribution in [0, 0.1) is 0 Å². The lowest BCUT2D eigenvalue weighted by Crippen LogP contribution is -2.40. The molecule has 0 heterocycles. The van der Waals surface area contributed by atoms with Crippen molar-refractivity contribution < 1.29 is 24.2 Å². The number of amides is 1. The highest BCUT2D eigenvalue weighted by Gasteiger charge is 2.19. The lowest BCUT2D eigenvalue weighted by molar-refractivity contribution is -0.147. The summed E-state index contributed by atoms with van der Waals surface area (Å²) in [5, 5.41) is 11.9. The molecule has 7 heteroatoms. The van der Waals surface area contributed by atoms with Crippen LogP contribution < -0.4 is 11.1 Å². The zero-order chi connectivity index (χ0) is 36.0. The molecule has 0 spiro atoms. The van der Waals surface area contributed by atoms with Crippen molar-refractivity contribution in [1.29, 1.82) is 0 Å². The molecule has 2 unspecified atom stereocenters. The summed E-state index contributed by atoms with van der Waals surface area (Å²) in [6.45, 7) is 4.74. The van der Waals surface area contributed by atoms with Gasteiger partial charge in [-0.05, 0) is 109 Å². The quantitative estimate of drug-likeness (QED) is 0.0360. The average molecular weight is 683 g/mol. The molecule has 0 saturated carbocycles. The van der Waals surface area contributed by atoms with Crippen LogP contribution in [0.2, 0.25) is 0 Å². The molecule has 0 radical (unpaired) electrons. The zero-order valence-corrected chi connectivity index (χ0v) is 31.0. The van der Waals surface area contributed by atoms with Crippen molar-refractivity contribution in [2.24, 2.45) is 5.73 Å². The number of hydrogen-bond acceptors (Lipinski definition) is 5. The van der Waals surface area contributed by atoms with E-state index in [0.29, 0.717) is 38.6 Å². The average Bonchev–Trinajstić information content (AvgIpc) is 3.08. The standard InChI is InChI=1S/C42H70N2O5/c1-3-5-7-9-10-11-12-13-14-15-16-17-18-19-20-21-22-24-30-36-41(46)49-38(32-27-23-8-6-4-2)33-28-25-26-29-35-40(45)44-39(42(47)48)34-31-37-43/h5,7,10-11,13-14,16-17,19-20,27,32,38-39H,3-4,6,8-9,12,15,18,21-26,28-31,33-37,43H2,1-2H3,(H,44,45)(H,47,48)/b7-5-,11-10-,14-13-,17-16-,20-19-,32-27-. The number of aliphatic carboxylic acids is 1. The number of nitrogens with two attached hydrogens (primary N) is 1. The van der Waals surface area contributed by atoms with Crippen molar-refractivity contribution in [3.63, 3.8) is 0 Å². The van der Waals surface area contributed by atoms with Crippen molar-refractivity contribution in [2.75, 3.05) is 6.54 Å². The molecule has 0 bridgehead atoms. The number of carbonyl (C=O) groups is 3. The lowest BCUT2D eigenvalue weighted by atomic mass is 10.1. The maximum atomic E-state index is 12.6. The molecule has 2 atom stereocenters. The second-order valence-electron chi connectivity index (χ2n) is 12.6. The Bertz CT molecular complexity index is 995. The molecular weight excluding hydrogens is 612 g/mol. The molecule has 1 amide bonds. The van der Waals surface area contributed by atoms with Gasteiger partial charge in [-0.1, -0.05) is 113 Å². The first-order chi connectivity index (χ1) is 23.9. The van der Waals surface area contributed by atoms with Gasteiger partial charge in [0.15, 0.2) is 0 Å². The van der Waals surface area contributed by atoms with E-state index in [1.54, 1.807) is 0 Å². The topological polar surface area (TPSA) is 119 Å². The minimum atomic E-state index is -1.02. The van der Waals surface area contributed by atoms with E-state index < -0.39 is 12.0 Å². The number of carboxylic acid groups (broad SMARTS) is 1. The number of ether oxygens (including phenoxy) is 1. The van der Waals surface area contributed by atoms with Gasteiger partial charge in [0.25, 0.3) is 0 Å². The van der Waals surface area contributed by atoms with Gasteiger partial charge in [0.2, 0.25) is 5.91 Å². The smallest absolute Gasteiger partial charge is 0.326 e. The number of carboxylic acids is 1. The first-order valence-electron chi connectivity index (χ1n) is 19.3.